The second kappa shape index (κ2) is 19.8. The molecule has 0 atom stereocenters. The Bertz CT molecular complexity index is 191. The largest absolute Gasteiger partial charge is 0.668 e. The van der Waals surface area contributed by atoms with Crippen LogP contribution < -0.4 is 0 Å². The molecular weight excluding hydrogens is 353 g/mol. The SMILES string of the molecule is [CH2-]C.[NH-]C(=O)CCCCSSCCO[N+](=O)[O-].[Y]. The van der Waals surface area contributed by atoms with Gasteiger partial charge in [0.2, 0.25) is 0 Å². The van der Waals surface area contributed by atoms with Crippen molar-refractivity contribution in [1.29, 1.82) is 0 Å². The van der Waals surface area contributed by atoms with Crippen LogP contribution in [-0.2, 0) is 42.3 Å². The average Bonchev–Trinajstić information content (AvgIpc) is 2.29. The summed E-state index contributed by atoms with van der Waals surface area (Å²) in [4.78, 5) is 24.1. The average molecular weight is 371 g/mol. The third kappa shape index (κ3) is 25.4. The van der Waals surface area contributed by atoms with E-state index in [1.807, 2.05) is 0 Å². The summed E-state index contributed by atoms with van der Waals surface area (Å²) in [5.41, 5.74) is 6.66. The fourth-order valence-electron chi connectivity index (χ4n) is 0.710. The monoisotopic (exact) mass is 371 g/mol. The number of nitrogens with zero attached hydrogens (tertiary/aromatic N) is 1. The number of hydrogen-bond donors (Lipinski definition) is 0. The van der Waals surface area contributed by atoms with Gasteiger partial charge in [0, 0.05) is 50.1 Å². The fraction of sp³-hybridized carbons (Fsp3) is 0.778. The number of carbonyl (C=O) groups excluding carboxylic acids is 1. The summed E-state index contributed by atoms with van der Waals surface area (Å²) in [6, 6.07) is 0. The first-order chi connectivity index (χ1) is 8.13. The van der Waals surface area contributed by atoms with E-state index >= 15 is 0 Å². The van der Waals surface area contributed by atoms with E-state index in [1.54, 1.807) is 17.7 Å². The maximum atomic E-state index is 10.3. The van der Waals surface area contributed by atoms with Gasteiger partial charge in [-0.1, -0.05) is 21.6 Å². The van der Waals surface area contributed by atoms with Gasteiger partial charge in [-0.05, 0) is 19.3 Å². The van der Waals surface area contributed by atoms with E-state index in [2.05, 4.69) is 11.8 Å². The van der Waals surface area contributed by atoms with Gasteiger partial charge >= 0.3 is 0 Å². The predicted molar refractivity (Wildman–Crippen MR) is 72.1 cm³/mol. The van der Waals surface area contributed by atoms with Gasteiger partial charge in [0.05, 0.1) is 0 Å². The Morgan fingerprint density at radius 1 is 1.33 bits per heavy atom. The van der Waals surface area contributed by atoms with E-state index in [9.17, 15) is 14.9 Å². The fourth-order valence-corrected chi connectivity index (χ4v) is 2.68. The zero-order valence-electron chi connectivity index (χ0n) is 10.4. The Labute approximate surface area is 141 Å². The van der Waals surface area contributed by atoms with Gasteiger partial charge in [-0.15, -0.1) is 10.1 Å². The van der Waals surface area contributed by atoms with Crippen LogP contribution in [0.2, 0.25) is 0 Å². The first-order valence-corrected chi connectivity index (χ1v) is 7.58. The molecule has 1 amide bonds. The van der Waals surface area contributed by atoms with Crippen molar-refractivity contribution >= 4 is 27.5 Å². The molecule has 0 saturated heterocycles. The first-order valence-electron chi connectivity index (χ1n) is 5.10. The molecule has 0 fully saturated rings. The first kappa shape index (κ1) is 23.6. The molecule has 105 valence electrons. The topological polar surface area (TPSA) is 93.2 Å². The Morgan fingerprint density at radius 2 is 1.89 bits per heavy atom. The van der Waals surface area contributed by atoms with Crippen molar-refractivity contribution in [3.8, 4) is 0 Å². The molecule has 0 aromatic carbocycles. The molecule has 0 aromatic rings. The van der Waals surface area contributed by atoms with Crippen molar-refractivity contribution in [1.82, 2.24) is 0 Å². The van der Waals surface area contributed by atoms with Crippen LogP contribution in [0, 0.1) is 17.0 Å². The Kier molecular flexibility index (Phi) is 25.9. The van der Waals surface area contributed by atoms with E-state index < -0.39 is 11.0 Å². The van der Waals surface area contributed by atoms with Gasteiger partial charge in [0.25, 0.3) is 5.09 Å². The van der Waals surface area contributed by atoms with Crippen molar-refractivity contribution in [3.05, 3.63) is 22.8 Å². The normalized spacial score (nSPS) is 8.56. The summed E-state index contributed by atoms with van der Waals surface area (Å²) in [6.45, 7) is 5.11. The molecule has 0 aliphatic carbocycles. The molecule has 0 aliphatic rings. The van der Waals surface area contributed by atoms with E-state index in [4.69, 9.17) is 5.73 Å². The maximum absolute atomic E-state index is 10.3. The number of carbonyl (C=O) groups is 1. The Morgan fingerprint density at radius 3 is 2.39 bits per heavy atom. The van der Waals surface area contributed by atoms with Gasteiger partial charge in [-0.25, -0.2) is 0 Å². The zero-order valence-corrected chi connectivity index (χ0v) is 14.9. The molecule has 1 N–H and O–H groups in total. The van der Waals surface area contributed by atoms with E-state index in [1.165, 1.54) is 10.8 Å². The molecule has 1 radical (unpaired) electrons. The summed E-state index contributed by atoms with van der Waals surface area (Å²) < 4.78 is 0. The second-order valence-electron chi connectivity index (χ2n) is 2.58. The van der Waals surface area contributed by atoms with Crippen molar-refractivity contribution in [2.75, 3.05) is 18.1 Å². The third-order valence-electron chi connectivity index (χ3n) is 1.33. The molecule has 0 aliphatic heterocycles. The van der Waals surface area contributed by atoms with Gasteiger partial charge < -0.3 is 22.3 Å². The maximum Gasteiger partial charge on any atom is 0.294 e. The van der Waals surface area contributed by atoms with E-state index in [0.29, 0.717) is 12.2 Å². The van der Waals surface area contributed by atoms with Crippen molar-refractivity contribution in [3.63, 3.8) is 0 Å². The van der Waals surface area contributed by atoms with E-state index in [0.717, 1.165) is 18.6 Å². The number of unbranched alkanes of at least 4 members (excludes halogenated alkanes) is 1. The van der Waals surface area contributed by atoms with Crippen LogP contribution >= 0.6 is 21.6 Å². The minimum Gasteiger partial charge on any atom is -0.668 e. The molecule has 0 unspecified atom stereocenters. The zero-order chi connectivity index (χ0) is 13.5. The summed E-state index contributed by atoms with van der Waals surface area (Å²) in [5.74, 6) is 0.937. The summed E-state index contributed by atoms with van der Waals surface area (Å²) in [7, 11) is 3.11. The van der Waals surface area contributed by atoms with Crippen LogP contribution in [0.1, 0.15) is 26.2 Å². The summed E-state index contributed by atoms with van der Waals surface area (Å²) in [6.07, 6.45) is 1.94. The quantitative estimate of drug-likeness (QED) is 0.193. The smallest absolute Gasteiger partial charge is 0.294 e. The van der Waals surface area contributed by atoms with Crippen molar-refractivity contribution in [2.24, 2.45) is 0 Å². The van der Waals surface area contributed by atoms with Gasteiger partial charge in [0.1, 0.15) is 6.61 Å². The standard InChI is InChI=1S/C7H14N2O4S2.C2H5.Y/c8-7(10)3-1-2-5-14-15-6-4-13-9(11)12;1-2;/h1-6H2,(H2,8,10);1H2,2H3;/q;-1;/p-1. The van der Waals surface area contributed by atoms with Crippen molar-refractivity contribution in [2.45, 2.75) is 26.2 Å². The minimum atomic E-state index is -0.801. The van der Waals surface area contributed by atoms with Crippen LogP contribution in [0.3, 0.4) is 0 Å². The van der Waals surface area contributed by atoms with Crippen LogP contribution in [0.15, 0.2) is 0 Å². The van der Waals surface area contributed by atoms with Crippen LogP contribution in [-0.4, -0.2) is 29.1 Å². The number of hydrogen-bond acceptors (Lipinski definition) is 6. The van der Waals surface area contributed by atoms with Crippen molar-refractivity contribution < 1.29 is 47.4 Å². The molecule has 9 heteroatoms. The molecule has 0 rings (SSSR count). The van der Waals surface area contributed by atoms with Gasteiger partial charge in [-0.2, -0.15) is 6.92 Å². The molecular formula is C9H18N2O4S2Y-2. The number of amides is 1. The number of rotatable bonds is 10. The van der Waals surface area contributed by atoms with E-state index in [-0.39, 0.29) is 39.3 Å². The predicted octanol–water partition coefficient (Wildman–Crippen LogP) is 3.16. The van der Waals surface area contributed by atoms with Crippen LogP contribution in [0.25, 0.3) is 5.73 Å². The third-order valence-corrected chi connectivity index (χ3v) is 3.78. The second-order valence-corrected chi connectivity index (χ2v) is 5.28. The molecule has 0 saturated carbocycles. The molecule has 0 aromatic heterocycles. The van der Waals surface area contributed by atoms with Crippen LogP contribution in [0.4, 0.5) is 0 Å². The molecule has 6 nitrogen and oxygen atoms in total. The molecule has 0 bridgehead atoms. The number of nitrogens with one attached hydrogen (secondary N) is 1. The molecule has 18 heavy (non-hydrogen) atoms. The molecule has 0 heterocycles. The summed E-state index contributed by atoms with van der Waals surface area (Å²) in [5, 5.41) is 8.95. The van der Waals surface area contributed by atoms with Gasteiger partial charge in [-0.3, -0.25) is 0 Å². The summed E-state index contributed by atoms with van der Waals surface area (Å²) >= 11 is 0. The Hall–Kier alpha value is 0.474. The van der Waals surface area contributed by atoms with Gasteiger partial charge in [0.15, 0.2) is 0 Å². The van der Waals surface area contributed by atoms with Crippen LogP contribution in [0.5, 0.6) is 0 Å². The minimum absolute atomic E-state index is 0. The molecule has 0 spiro atoms. The Balaban J connectivity index is -0.000000709.